The first-order chi connectivity index (χ1) is 16.1. The van der Waals surface area contributed by atoms with Crippen LogP contribution in [0.5, 0.6) is 0 Å². The minimum absolute atomic E-state index is 0.110. The molecular formula is C26H40O8. The molecule has 0 amide bonds. The van der Waals surface area contributed by atoms with Gasteiger partial charge in [0.25, 0.3) is 0 Å². The van der Waals surface area contributed by atoms with Crippen LogP contribution in [0, 0.1) is 11.8 Å². The average Bonchev–Trinajstić information content (AvgIpc) is 3.02. The van der Waals surface area contributed by atoms with Crippen LogP contribution >= 0.6 is 0 Å². The predicted octanol–water partition coefficient (Wildman–Crippen LogP) is 4.76. The molecule has 1 aliphatic rings. The van der Waals surface area contributed by atoms with Crippen LogP contribution in [0.2, 0.25) is 0 Å². The molecule has 0 aliphatic heterocycles. The van der Waals surface area contributed by atoms with Crippen molar-refractivity contribution in [1.82, 2.24) is 0 Å². The van der Waals surface area contributed by atoms with Crippen LogP contribution in [0.25, 0.3) is 0 Å². The van der Waals surface area contributed by atoms with E-state index in [0.29, 0.717) is 32.1 Å². The van der Waals surface area contributed by atoms with E-state index < -0.39 is 30.1 Å². The fourth-order valence-corrected chi connectivity index (χ4v) is 4.35. The van der Waals surface area contributed by atoms with Crippen LogP contribution in [-0.2, 0) is 33.4 Å². The minimum Gasteiger partial charge on any atom is -0.481 e. The molecule has 0 aromatic heterocycles. The normalized spacial score (nSPS) is 23.2. The number of esters is 3. The summed E-state index contributed by atoms with van der Waals surface area (Å²) in [5, 5.41) is 8.77. The molecular weight excluding hydrogens is 440 g/mol. The van der Waals surface area contributed by atoms with Crippen molar-refractivity contribution in [3.05, 3.63) is 24.3 Å². The Hall–Kier alpha value is -2.64. The lowest BCUT2D eigenvalue weighted by Crippen LogP contribution is -2.25. The van der Waals surface area contributed by atoms with E-state index in [1.807, 2.05) is 24.3 Å². The Morgan fingerprint density at radius 3 is 2.21 bits per heavy atom. The molecule has 5 atom stereocenters. The average molecular weight is 481 g/mol. The Bertz CT molecular complexity index is 726. The Balaban J connectivity index is 3.05. The third-order valence-corrected chi connectivity index (χ3v) is 5.79. The lowest BCUT2D eigenvalue weighted by atomic mass is 9.89. The van der Waals surface area contributed by atoms with E-state index in [1.165, 1.54) is 20.8 Å². The number of carboxylic acids is 1. The second-order valence-corrected chi connectivity index (χ2v) is 8.79. The number of allylic oxidation sites excluding steroid dienone is 2. The number of ether oxygens (including phenoxy) is 3. The molecule has 8 heteroatoms. The Morgan fingerprint density at radius 1 is 0.941 bits per heavy atom. The Kier molecular flexibility index (Phi) is 13.9. The van der Waals surface area contributed by atoms with Gasteiger partial charge in [-0.1, -0.05) is 38.0 Å². The zero-order valence-corrected chi connectivity index (χ0v) is 20.9. The first-order valence-electron chi connectivity index (χ1n) is 12.2. The molecule has 34 heavy (non-hydrogen) atoms. The van der Waals surface area contributed by atoms with Crippen molar-refractivity contribution in [3.8, 4) is 0 Å². The third kappa shape index (κ3) is 12.0. The van der Waals surface area contributed by atoms with Gasteiger partial charge in [0.15, 0.2) is 0 Å². The summed E-state index contributed by atoms with van der Waals surface area (Å²) in [6.45, 7) is 6.19. The number of unbranched alkanes of at least 4 members (excludes halogenated alkanes) is 3. The lowest BCUT2D eigenvalue weighted by Gasteiger charge is -2.23. The SMILES string of the molecule is CCCCC[C@@H](C=C[C@H]1C(OC(C)=O)C[C@H](OC(C)=O)[C@@H]1CC=CCCCC(=O)O)OC(C)=O. The van der Waals surface area contributed by atoms with Gasteiger partial charge in [-0.05, 0) is 38.2 Å². The summed E-state index contributed by atoms with van der Waals surface area (Å²) >= 11 is 0. The quantitative estimate of drug-likeness (QED) is 0.154. The molecule has 0 radical (unpaired) electrons. The maximum atomic E-state index is 11.7. The minimum atomic E-state index is -0.824. The van der Waals surface area contributed by atoms with Gasteiger partial charge in [-0.25, -0.2) is 0 Å². The number of carbonyl (C=O) groups excluding carboxylic acids is 3. The monoisotopic (exact) mass is 480 g/mol. The second kappa shape index (κ2) is 16.1. The van der Waals surface area contributed by atoms with Crippen molar-refractivity contribution in [3.63, 3.8) is 0 Å². The van der Waals surface area contributed by atoms with Crippen molar-refractivity contribution >= 4 is 23.9 Å². The largest absolute Gasteiger partial charge is 0.481 e. The highest BCUT2D eigenvalue weighted by Crippen LogP contribution is 2.40. The summed E-state index contributed by atoms with van der Waals surface area (Å²) in [6.07, 6.45) is 12.4. The summed E-state index contributed by atoms with van der Waals surface area (Å²) < 4.78 is 16.6. The van der Waals surface area contributed by atoms with Crippen LogP contribution < -0.4 is 0 Å². The van der Waals surface area contributed by atoms with Gasteiger partial charge in [0.1, 0.15) is 18.3 Å². The van der Waals surface area contributed by atoms with E-state index >= 15 is 0 Å². The smallest absolute Gasteiger partial charge is 0.303 e. The fraction of sp³-hybridized carbons (Fsp3) is 0.692. The van der Waals surface area contributed by atoms with Crippen LogP contribution in [0.1, 0.15) is 85.5 Å². The first kappa shape index (κ1) is 29.4. The molecule has 1 rings (SSSR count). The summed E-state index contributed by atoms with van der Waals surface area (Å²) in [5.74, 6) is -2.34. The zero-order chi connectivity index (χ0) is 25.5. The van der Waals surface area contributed by atoms with Gasteiger partial charge >= 0.3 is 23.9 Å². The molecule has 1 N–H and O–H groups in total. The van der Waals surface area contributed by atoms with Crippen molar-refractivity contribution < 1.29 is 38.5 Å². The molecule has 1 saturated carbocycles. The van der Waals surface area contributed by atoms with Gasteiger partial charge in [-0.3, -0.25) is 19.2 Å². The van der Waals surface area contributed by atoms with E-state index in [4.69, 9.17) is 19.3 Å². The molecule has 1 fully saturated rings. The fourth-order valence-electron chi connectivity index (χ4n) is 4.35. The molecule has 0 aromatic carbocycles. The van der Waals surface area contributed by atoms with Crippen molar-refractivity contribution in [2.24, 2.45) is 11.8 Å². The summed E-state index contributed by atoms with van der Waals surface area (Å²) in [7, 11) is 0. The maximum absolute atomic E-state index is 11.7. The van der Waals surface area contributed by atoms with Crippen LogP contribution in [0.3, 0.4) is 0 Å². The molecule has 0 heterocycles. The van der Waals surface area contributed by atoms with E-state index in [0.717, 1.165) is 19.3 Å². The lowest BCUT2D eigenvalue weighted by molar-refractivity contribution is -0.149. The molecule has 0 saturated heterocycles. The van der Waals surface area contributed by atoms with Gasteiger partial charge in [-0.2, -0.15) is 0 Å². The topological polar surface area (TPSA) is 116 Å². The van der Waals surface area contributed by atoms with E-state index in [2.05, 4.69) is 6.92 Å². The standard InChI is InChI=1S/C26H40O8/c1-5-6-9-12-21(32-18(2)27)15-16-23-22(13-10-7-8-11-14-26(30)31)24(33-19(3)28)17-25(23)34-20(4)29/h7,10,15-16,21-25H,5-6,8-9,11-14,17H2,1-4H3,(H,30,31)/t21-,22+,23+,24-,25?/m0/s1. The zero-order valence-electron chi connectivity index (χ0n) is 20.9. The second-order valence-electron chi connectivity index (χ2n) is 8.79. The van der Waals surface area contributed by atoms with Gasteiger partial charge in [0.2, 0.25) is 0 Å². The van der Waals surface area contributed by atoms with Gasteiger partial charge < -0.3 is 19.3 Å². The van der Waals surface area contributed by atoms with E-state index in [1.54, 1.807) is 0 Å². The molecule has 0 aromatic rings. The van der Waals surface area contributed by atoms with Crippen LogP contribution in [0.4, 0.5) is 0 Å². The molecule has 1 aliphatic carbocycles. The highest BCUT2D eigenvalue weighted by molar-refractivity contribution is 5.67. The van der Waals surface area contributed by atoms with Crippen molar-refractivity contribution in [2.75, 3.05) is 0 Å². The number of rotatable bonds is 15. The third-order valence-electron chi connectivity index (χ3n) is 5.79. The molecule has 0 spiro atoms. The van der Waals surface area contributed by atoms with E-state index in [9.17, 15) is 19.2 Å². The highest BCUT2D eigenvalue weighted by atomic mass is 16.6. The summed E-state index contributed by atoms with van der Waals surface area (Å²) in [6, 6.07) is 0. The van der Waals surface area contributed by atoms with Gasteiger partial charge in [0.05, 0.1) is 0 Å². The molecule has 8 nitrogen and oxygen atoms in total. The number of carbonyl (C=O) groups is 4. The number of carboxylic acid groups (broad SMARTS) is 1. The molecule has 1 unspecified atom stereocenters. The van der Waals surface area contributed by atoms with Crippen molar-refractivity contribution in [2.45, 2.75) is 104 Å². The number of hydrogen-bond acceptors (Lipinski definition) is 7. The Morgan fingerprint density at radius 2 is 1.62 bits per heavy atom. The van der Waals surface area contributed by atoms with Gasteiger partial charge in [-0.15, -0.1) is 0 Å². The summed E-state index contributed by atoms with van der Waals surface area (Å²) in [5.41, 5.74) is 0. The van der Waals surface area contributed by atoms with Crippen molar-refractivity contribution in [1.29, 1.82) is 0 Å². The van der Waals surface area contributed by atoms with Crippen LogP contribution in [0.15, 0.2) is 24.3 Å². The molecule has 0 bridgehead atoms. The van der Waals surface area contributed by atoms with Crippen LogP contribution in [-0.4, -0.2) is 47.3 Å². The Labute approximate surface area is 202 Å². The van der Waals surface area contributed by atoms with Gasteiger partial charge in [0, 0.05) is 45.4 Å². The number of aliphatic carboxylic acids is 1. The maximum Gasteiger partial charge on any atom is 0.303 e. The van der Waals surface area contributed by atoms with E-state index in [-0.39, 0.29) is 30.3 Å². The highest BCUT2D eigenvalue weighted by Gasteiger charge is 2.45. The first-order valence-corrected chi connectivity index (χ1v) is 12.2. The number of hydrogen-bond donors (Lipinski definition) is 1. The predicted molar refractivity (Wildman–Crippen MR) is 127 cm³/mol. The summed E-state index contributed by atoms with van der Waals surface area (Å²) in [4.78, 5) is 45.7. The molecule has 192 valence electrons.